The van der Waals surface area contributed by atoms with Gasteiger partial charge in [0.15, 0.2) is 0 Å². The van der Waals surface area contributed by atoms with Crippen LogP contribution in [0.4, 0.5) is 0 Å². The summed E-state index contributed by atoms with van der Waals surface area (Å²) in [7, 11) is 0. The Hall–Kier alpha value is -0.0800. The van der Waals surface area contributed by atoms with Crippen molar-refractivity contribution in [2.45, 2.75) is 57.9 Å². The van der Waals surface area contributed by atoms with Gasteiger partial charge in [-0.3, -0.25) is 0 Å². The zero-order valence-corrected chi connectivity index (χ0v) is 10.9. The first kappa shape index (κ1) is 12.4. The first-order valence-corrected chi connectivity index (χ1v) is 7.36. The summed E-state index contributed by atoms with van der Waals surface area (Å²) in [5.41, 5.74) is 0. The van der Waals surface area contributed by atoms with Crippen LogP contribution in [-0.2, 0) is 0 Å². The van der Waals surface area contributed by atoms with Crippen LogP contribution < -0.4 is 5.32 Å². The molecule has 0 aromatic rings. The highest BCUT2D eigenvalue weighted by molar-refractivity contribution is 4.88. The summed E-state index contributed by atoms with van der Waals surface area (Å²) in [4.78, 5) is 2.71. The van der Waals surface area contributed by atoms with E-state index in [-0.39, 0.29) is 0 Å². The molecule has 1 heterocycles. The van der Waals surface area contributed by atoms with Gasteiger partial charge in [0.1, 0.15) is 0 Å². The van der Waals surface area contributed by atoms with E-state index in [1.165, 1.54) is 64.6 Å². The van der Waals surface area contributed by atoms with Crippen molar-refractivity contribution >= 4 is 0 Å². The van der Waals surface area contributed by atoms with E-state index in [4.69, 9.17) is 0 Å². The Bertz CT molecular complexity index is 181. The topological polar surface area (TPSA) is 15.3 Å². The lowest BCUT2D eigenvalue weighted by Crippen LogP contribution is -2.43. The second-order valence-electron chi connectivity index (χ2n) is 5.57. The minimum absolute atomic E-state index is 0.782. The predicted octanol–water partition coefficient (Wildman–Crippen LogP) is 2.64. The van der Waals surface area contributed by atoms with Crippen molar-refractivity contribution in [3.8, 4) is 0 Å². The van der Waals surface area contributed by atoms with Crippen LogP contribution in [0.3, 0.4) is 0 Å². The zero-order valence-electron chi connectivity index (χ0n) is 10.9. The van der Waals surface area contributed by atoms with Crippen molar-refractivity contribution in [2.75, 3.05) is 26.2 Å². The monoisotopic (exact) mass is 224 g/mol. The number of likely N-dealkylation sites (N-methyl/N-ethyl adjacent to an activating group) is 1. The van der Waals surface area contributed by atoms with Crippen molar-refractivity contribution in [2.24, 2.45) is 5.92 Å². The molecule has 0 aromatic carbocycles. The van der Waals surface area contributed by atoms with E-state index in [1.807, 2.05) is 0 Å². The molecule has 1 N–H and O–H groups in total. The maximum Gasteiger partial charge on any atom is 0.0223 e. The Morgan fingerprint density at radius 3 is 2.25 bits per heavy atom. The van der Waals surface area contributed by atoms with Crippen LogP contribution in [0.15, 0.2) is 0 Å². The molecule has 94 valence electrons. The normalized spacial score (nSPS) is 26.1. The predicted molar refractivity (Wildman–Crippen MR) is 69.7 cm³/mol. The van der Waals surface area contributed by atoms with Crippen LogP contribution >= 0.6 is 0 Å². The second kappa shape index (κ2) is 6.61. The number of likely N-dealkylation sites (tertiary alicyclic amines) is 1. The van der Waals surface area contributed by atoms with E-state index < -0.39 is 0 Å². The molecule has 0 aromatic heterocycles. The Kier molecular flexibility index (Phi) is 5.11. The van der Waals surface area contributed by atoms with Crippen LogP contribution in [0.5, 0.6) is 0 Å². The van der Waals surface area contributed by atoms with Crippen LogP contribution in [0, 0.1) is 5.92 Å². The van der Waals surface area contributed by atoms with Crippen molar-refractivity contribution in [3.05, 3.63) is 0 Å². The van der Waals surface area contributed by atoms with Gasteiger partial charge in [-0.15, -0.1) is 0 Å². The third-order valence-corrected chi connectivity index (χ3v) is 4.06. The average molecular weight is 224 g/mol. The largest absolute Gasteiger partial charge is 0.313 e. The van der Waals surface area contributed by atoms with Gasteiger partial charge >= 0.3 is 0 Å². The van der Waals surface area contributed by atoms with Crippen molar-refractivity contribution in [3.63, 3.8) is 0 Å². The van der Waals surface area contributed by atoms with E-state index in [0.29, 0.717) is 0 Å². The highest BCUT2D eigenvalue weighted by Crippen LogP contribution is 2.33. The highest BCUT2D eigenvalue weighted by atomic mass is 15.1. The summed E-state index contributed by atoms with van der Waals surface area (Å²) in [6.07, 6.45) is 10.1. The van der Waals surface area contributed by atoms with Gasteiger partial charge in [0.25, 0.3) is 0 Å². The lowest BCUT2D eigenvalue weighted by Gasteiger charge is -2.29. The second-order valence-corrected chi connectivity index (χ2v) is 5.57. The molecule has 2 aliphatic rings. The minimum Gasteiger partial charge on any atom is -0.313 e. The summed E-state index contributed by atoms with van der Waals surface area (Å²) in [5, 5.41) is 3.69. The fourth-order valence-corrected chi connectivity index (χ4v) is 2.91. The molecule has 16 heavy (non-hydrogen) atoms. The molecule has 1 atom stereocenters. The van der Waals surface area contributed by atoms with E-state index in [9.17, 15) is 0 Å². The highest BCUT2D eigenvalue weighted by Gasteiger charge is 2.31. The molecule has 1 aliphatic carbocycles. The lowest BCUT2D eigenvalue weighted by molar-refractivity contribution is 0.213. The maximum atomic E-state index is 3.69. The van der Waals surface area contributed by atoms with Crippen LogP contribution in [0.2, 0.25) is 0 Å². The van der Waals surface area contributed by atoms with Crippen molar-refractivity contribution in [1.82, 2.24) is 10.2 Å². The zero-order chi connectivity index (χ0) is 11.2. The molecule has 0 bridgehead atoms. The Morgan fingerprint density at radius 1 is 1.06 bits per heavy atom. The summed E-state index contributed by atoms with van der Waals surface area (Å²) in [5.74, 6) is 0.991. The van der Waals surface area contributed by atoms with Gasteiger partial charge in [0.05, 0.1) is 0 Å². The number of hydrogen-bond acceptors (Lipinski definition) is 2. The van der Waals surface area contributed by atoms with E-state index in [1.54, 1.807) is 0 Å². The van der Waals surface area contributed by atoms with Gasteiger partial charge in [-0.05, 0) is 51.2 Å². The molecule has 2 rings (SSSR count). The molecule has 0 radical (unpaired) electrons. The molecule has 1 saturated heterocycles. The van der Waals surface area contributed by atoms with Crippen LogP contribution in [0.1, 0.15) is 51.9 Å². The minimum atomic E-state index is 0.782. The molecule has 2 fully saturated rings. The summed E-state index contributed by atoms with van der Waals surface area (Å²) in [6, 6.07) is 0.782. The van der Waals surface area contributed by atoms with Gasteiger partial charge in [-0.1, -0.05) is 26.2 Å². The molecule has 1 unspecified atom stereocenters. The maximum absolute atomic E-state index is 3.69. The van der Waals surface area contributed by atoms with Crippen LogP contribution in [-0.4, -0.2) is 37.1 Å². The third-order valence-electron chi connectivity index (χ3n) is 4.06. The fraction of sp³-hybridized carbons (Fsp3) is 1.00. The van der Waals surface area contributed by atoms with Gasteiger partial charge in [-0.25, -0.2) is 0 Å². The SMILES string of the molecule is CCNC(CN1CCCCCCC1)C1CC1. The first-order chi connectivity index (χ1) is 7.90. The van der Waals surface area contributed by atoms with Gasteiger partial charge in [0.2, 0.25) is 0 Å². The van der Waals surface area contributed by atoms with Gasteiger partial charge < -0.3 is 10.2 Å². The average Bonchev–Trinajstić information content (AvgIpc) is 3.04. The van der Waals surface area contributed by atoms with Gasteiger partial charge in [-0.2, -0.15) is 0 Å². The molecule has 0 amide bonds. The standard InChI is InChI=1S/C14H28N2/c1-2-15-14(13-8-9-13)12-16-10-6-4-3-5-7-11-16/h13-15H,2-12H2,1H3. The summed E-state index contributed by atoms with van der Waals surface area (Å²) in [6.45, 7) is 7.36. The lowest BCUT2D eigenvalue weighted by atomic mass is 10.1. The van der Waals surface area contributed by atoms with E-state index >= 15 is 0 Å². The fourth-order valence-electron chi connectivity index (χ4n) is 2.91. The number of hydrogen-bond donors (Lipinski definition) is 1. The number of nitrogens with zero attached hydrogens (tertiary/aromatic N) is 1. The molecule has 2 nitrogen and oxygen atoms in total. The Balaban J connectivity index is 1.75. The quantitative estimate of drug-likeness (QED) is 0.772. The molecule has 1 aliphatic heterocycles. The Morgan fingerprint density at radius 2 is 1.69 bits per heavy atom. The number of nitrogens with one attached hydrogen (secondary N) is 1. The molecular weight excluding hydrogens is 196 g/mol. The molecule has 2 heteroatoms. The van der Waals surface area contributed by atoms with E-state index in [2.05, 4.69) is 17.1 Å². The molecule has 0 spiro atoms. The third kappa shape index (κ3) is 4.06. The smallest absolute Gasteiger partial charge is 0.0223 e. The Labute approximate surface area is 101 Å². The number of rotatable bonds is 5. The summed E-state index contributed by atoms with van der Waals surface area (Å²) < 4.78 is 0. The van der Waals surface area contributed by atoms with Gasteiger partial charge in [0, 0.05) is 12.6 Å². The first-order valence-electron chi connectivity index (χ1n) is 7.36. The van der Waals surface area contributed by atoms with Crippen molar-refractivity contribution < 1.29 is 0 Å². The summed E-state index contributed by atoms with van der Waals surface area (Å²) >= 11 is 0. The van der Waals surface area contributed by atoms with E-state index in [0.717, 1.165) is 18.5 Å². The molecule has 1 saturated carbocycles. The molecular formula is C14H28N2. The van der Waals surface area contributed by atoms with Crippen molar-refractivity contribution in [1.29, 1.82) is 0 Å². The van der Waals surface area contributed by atoms with Crippen LogP contribution in [0.25, 0.3) is 0 Å².